The lowest BCUT2D eigenvalue weighted by Gasteiger charge is -2.06. The predicted molar refractivity (Wildman–Crippen MR) is 60.8 cm³/mol. The number of nitrogens with two attached hydrogens (primary N) is 1. The topological polar surface area (TPSA) is 46.2 Å². The Bertz CT molecular complexity index is 546. The van der Waals surface area contributed by atoms with Gasteiger partial charge in [-0.05, 0) is 29.2 Å². The van der Waals surface area contributed by atoms with Crippen LogP contribution in [-0.4, -0.2) is 5.11 Å². The van der Waals surface area contributed by atoms with Gasteiger partial charge in [-0.2, -0.15) is 0 Å². The Morgan fingerprint density at radius 2 is 1.80 bits per heavy atom. The number of nitrogen functional groups attached to an aromatic ring is 1. The molecule has 2 aromatic carbocycles. The minimum atomic E-state index is 0.220. The lowest BCUT2D eigenvalue weighted by molar-refractivity contribution is 0.480. The zero-order valence-electron chi connectivity index (χ0n) is 8.20. The van der Waals surface area contributed by atoms with E-state index in [-0.39, 0.29) is 5.75 Å². The van der Waals surface area contributed by atoms with Crippen LogP contribution in [0, 0.1) is 0 Å². The van der Waals surface area contributed by atoms with Crippen LogP contribution in [0.3, 0.4) is 0 Å². The van der Waals surface area contributed by atoms with Gasteiger partial charge in [-0.15, -0.1) is 0 Å². The van der Waals surface area contributed by atoms with E-state index in [0.717, 1.165) is 23.1 Å². The van der Waals surface area contributed by atoms with Crippen LogP contribution in [0.15, 0.2) is 36.4 Å². The molecule has 0 aliphatic heterocycles. The maximum atomic E-state index is 9.94. The van der Waals surface area contributed by atoms with Crippen molar-refractivity contribution in [2.24, 2.45) is 0 Å². The first kappa shape index (κ1) is 8.36. The number of phenols is 1. The Kier molecular flexibility index (Phi) is 1.54. The molecule has 0 saturated heterocycles. The van der Waals surface area contributed by atoms with E-state index in [2.05, 4.69) is 6.07 Å². The molecule has 2 nitrogen and oxygen atoms in total. The summed E-state index contributed by atoms with van der Waals surface area (Å²) in [6.45, 7) is 0. The summed E-state index contributed by atoms with van der Waals surface area (Å²) < 4.78 is 0. The van der Waals surface area contributed by atoms with Crippen LogP contribution < -0.4 is 5.73 Å². The monoisotopic (exact) mass is 197 g/mol. The Labute approximate surface area is 88.0 Å². The van der Waals surface area contributed by atoms with E-state index in [0.29, 0.717) is 5.69 Å². The molecule has 0 fully saturated rings. The molecule has 3 N–H and O–H groups in total. The molecule has 1 aliphatic carbocycles. The standard InChI is InChI=1S/C13H11NO/c14-11-6-5-9-7-8-3-1-2-4-10(8)12(9)13(11)15/h1-6,15H,7,14H2. The fraction of sp³-hybridized carbons (Fsp3) is 0.0769. The van der Waals surface area contributed by atoms with E-state index in [1.165, 1.54) is 5.56 Å². The summed E-state index contributed by atoms with van der Waals surface area (Å²) >= 11 is 0. The Hall–Kier alpha value is -1.96. The SMILES string of the molecule is Nc1ccc2c(c1O)-c1ccccc1C2. The summed E-state index contributed by atoms with van der Waals surface area (Å²) in [5.74, 6) is 0.220. The maximum Gasteiger partial charge on any atom is 0.146 e. The summed E-state index contributed by atoms with van der Waals surface area (Å²) in [5, 5.41) is 9.94. The fourth-order valence-corrected chi connectivity index (χ4v) is 2.22. The molecule has 0 unspecified atom stereocenters. The zero-order valence-corrected chi connectivity index (χ0v) is 8.20. The van der Waals surface area contributed by atoms with Gasteiger partial charge in [-0.3, -0.25) is 0 Å². The summed E-state index contributed by atoms with van der Waals surface area (Å²) in [7, 11) is 0. The summed E-state index contributed by atoms with van der Waals surface area (Å²) in [5.41, 5.74) is 10.6. The zero-order chi connectivity index (χ0) is 10.4. The predicted octanol–water partition coefficient (Wildman–Crippen LogP) is 2.55. The highest BCUT2D eigenvalue weighted by Gasteiger charge is 2.21. The molecule has 1 aliphatic rings. The third-order valence-electron chi connectivity index (χ3n) is 2.96. The van der Waals surface area contributed by atoms with Gasteiger partial charge in [0.15, 0.2) is 0 Å². The van der Waals surface area contributed by atoms with Gasteiger partial charge in [0.2, 0.25) is 0 Å². The van der Waals surface area contributed by atoms with E-state index in [9.17, 15) is 5.11 Å². The number of aromatic hydroxyl groups is 1. The number of benzene rings is 2. The number of anilines is 1. The molecular weight excluding hydrogens is 186 g/mol. The van der Waals surface area contributed by atoms with Crippen LogP contribution in [0.4, 0.5) is 5.69 Å². The van der Waals surface area contributed by atoms with Gasteiger partial charge >= 0.3 is 0 Å². The molecule has 0 atom stereocenters. The average Bonchev–Trinajstić information content (AvgIpc) is 2.62. The van der Waals surface area contributed by atoms with Crippen LogP contribution in [-0.2, 0) is 6.42 Å². The first-order valence-corrected chi connectivity index (χ1v) is 4.96. The molecule has 0 spiro atoms. The first-order valence-electron chi connectivity index (χ1n) is 4.96. The molecule has 2 heteroatoms. The van der Waals surface area contributed by atoms with Crippen LogP contribution in [0.1, 0.15) is 11.1 Å². The molecule has 0 bridgehead atoms. The van der Waals surface area contributed by atoms with E-state index >= 15 is 0 Å². The largest absolute Gasteiger partial charge is 0.505 e. The molecule has 2 aromatic rings. The van der Waals surface area contributed by atoms with Crippen LogP contribution >= 0.6 is 0 Å². The van der Waals surface area contributed by atoms with Crippen molar-refractivity contribution in [1.29, 1.82) is 0 Å². The van der Waals surface area contributed by atoms with Crippen molar-refractivity contribution in [2.45, 2.75) is 6.42 Å². The highest BCUT2D eigenvalue weighted by molar-refractivity contribution is 5.85. The molecule has 0 saturated carbocycles. The molecule has 0 amide bonds. The fourth-order valence-electron chi connectivity index (χ4n) is 2.22. The third-order valence-corrected chi connectivity index (χ3v) is 2.96. The second kappa shape index (κ2) is 2.76. The summed E-state index contributed by atoms with van der Waals surface area (Å²) in [6.07, 6.45) is 0.888. The lowest BCUT2D eigenvalue weighted by atomic mass is 10.0. The third kappa shape index (κ3) is 1.05. The lowest BCUT2D eigenvalue weighted by Crippen LogP contribution is -1.88. The van der Waals surface area contributed by atoms with Crippen molar-refractivity contribution in [3.63, 3.8) is 0 Å². The minimum absolute atomic E-state index is 0.220. The van der Waals surface area contributed by atoms with E-state index in [4.69, 9.17) is 5.73 Å². The van der Waals surface area contributed by atoms with Crippen molar-refractivity contribution >= 4 is 5.69 Å². The van der Waals surface area contributed by atoms with Crippen LogP contribution in [0.5, 0.6) is 5.75 Å². The van der Waals surface area contributed by atoms with E-state index < -0.39 is 0 Å². The van der Waals surface area contributed by atoms with Gasteiger partial charge in [0.25, 0.3) is 0 Å². The van der Waals surface area contributed by atoms with Crippen LogP contribution in [0.25, 0.3) is 11.1 Å². The number of hydrogen-bond acceptors (Lipinski definition) is 2. The van der Waals surface area contributed by atoms with Crippen molar-refractivity contribution in [3.05, 3.63) is 47.5 Å². The second-order valence-corrected chi connectivity index (χ2v) is 3.87. The normalized spacial score (nSPS) is 12.3. The van der Waals surface area contributed by atoms with Gasteiger partial charge < -0.3 is 10.8 Å². The Morgan fingerprint density at radius 1 is 1.00 bits per heavy atom. The average molecular weight is 197 g/mol. The Balaban J connectivity index is 2.36. The van der Waals surface area contributed by atoms with Crippen LogP contribution in [0.2, 0.25) is 0 Å². The maximum absolute atomic E-state index is 9.94. The molecule has 3 rings (SSSR count). The Morgan fingerprint density at radius 3 is 2.67 bits per heavy atom. The highest BCUT2D eigenvalue weighted by Crippen LogP contribution is 2.44. The van der Waals surface area contributed by atoms with Gasteiger partial charge in [0, 0.05) is 5.56 Å². The molecular formula is C13H11NO. The minimum Gasteiger partial charge on any atom is -0.505 e. The summed E-state index contributed by atoms with van der Waals surface area (Å²) in [4.78, 5) is 0. The van der Waals surface area contributed by atoms with Gasteiger partial charge in [-0.1, -0.05) is 30.3 Å². The molecule has 15 heavy (non-hydrogen) atoms. The van der Waals surface area contributed by atoms with Crippen molar-refractivity contribution < 1.29 is 5.11 Å². The number of phenolic OH excluding ortho intramolecular Hbond substituents is 1. The van der Waals surface area contributed by atoms with E-state index in [1.54, 1.807) is 6.07 Å². The number of rotatable bonds is 0. The van der Waals surface area contributed by atoms with Gasteiger partial charge in [0.05, 0.1) is 5.69 Å². The number of hydrogen-bond donors (Lipinski definition) is 2. The van der Waals surface area contributed by atoms with Crippen molar-refractivity contribution in [2.75, 3.05) is 5.73 Å². The van der Waals surface area contributed by atoms with Crippen molar-refractivity contribution in [1.82, 2.24) is 0 Å². The van der Waals surface area contributed by atoms with E-state index in [1.807, 2.05) is 24.3 Å². The first-order chi connectivity index (χ1) is 7.27. The second-order valence-electron chi connectivity index (χ2n) is 3.87. The van der Waals surface area contributed by atoms with Gasteiger partial charge in [-0.25, -0.2) is 0 Å². The number of fused-ring (bicyclic) bond motifs is 3. The molecule has 74 valence electrons. The van der Waals surface area contributed by atoms with Gasteiger partial charge in [0.1, 0.15) is 5.75 Å². The smallest absolute Gasteiger partial charge is 0.146 e. The molecule has 0 heterocycles. The van der Waals surface area contributed by atoms with Crippen molar-refractivity contribution in [3.8, 4) is 16.9 Å². The molecule has 0 radical (unpaired) electrons. The summed E-state index contributed by atoms with van der Waals surface area (Å²) in [6, 6.07) is 11.9. The quantitative estimate of drug-likeness (QED) is 0.429. The molecule has 0 aromatic heterocycles. The highest BCUT2D eigenvalue weighted by atomic mass is 16.3.